The summed E-state index contributed by atoms with van der Waals surface area (Å²) in [5, 5.41) is 0.585. The van der Waals surface area contributed by atoms with Crippen LogP contribution in [0, 0.1) is 5.92 Å². The zero-order valence-electron chi connectivity index (χ0n) is 13.2. The molecule has 2 aliphatic heterocycles. The third kappa shape index (κ3) is 3.44. The van der Waals surface area contributed by atoms with Gasteiger partial charge in [-0.3, -0.25) is 9.59 Å². The molecule has 6 heteroatoms. The summed E-state index contributed by atoms with van der Waals surface area (Å²) < 4.78 is 5.82. The summed E-state index contributed by atoms with van der Waals surface area (Å²) in [5.74, 6) is 0.871. The molecule has 2 fully saturated rings. The monoisotopic (exact) mass is 336 g/mol. The third-order valence-electron chi connectivity index (χ3n) is 4.52. The van der Waals surface area contributed by atoms with E-state index in [2.05, 4.69) is 0 Å². The molecule has 1 atom stereocenters. The van der Waals surface area contributed by atoms with Crippen molar-refractivity contribution in [2.24, 2.45) is 5.92 Å². The van der Waals surface area contributed by atoms with Gasteiger partial charge in [-0.1, -0.05) is 23.7 Å². The first-order valence-electron chi connectivity index (χ1n) is 8.06. The highest BCUT2D eigenvalue weighted by Crippen LogP contribution is 2.28. The Bertz CT molecular complexity index is 601. The van der Waals surface area contributed by atoms with Crippen molar-refractivity contribution in [2.45, 2.75) is 25.9 Å². The second kappa shape index (κ2) is 6.79. The maximum atomic E-state index is 12.5. The number of piperidine rings is 1. The highest BCUT2D eigenvalue weighted by Gasteiger charge is 2.38. The van der Waals surface area contributed by atoms with Crippen LogP contribution in [0.2, 0.25) is 5.02 Å². The molecule has 5 nitrogen and oxygen atoms in total. The Hall–Kier alpha value is -1.75. The van der Waals surface area contributed by atoms with Gasteiger partial charge in [-0.15, -0.1) is 0 Å². The van der Waals surface area contributed by atoms with Crippen molar-refractivity contribution in [3.8, 4) is 5.75 Å². The lowest BCUT2D eigenvalue weighted by Crippen LogP contribution is -2.59. The summed E-state index contributed by atoms with van der Waals surface area (Å²) in [5.41, 5.74) is 0. The molecule has 0 saturated carbocycles. The molecule has 0 radical (unpaired) electrons. The van der Waals surface area contributed by atoms with Crippen LogP contribution in [0.15, 0.2) is 24.3 Å². The van der Waals surface area contributed by atoms with Crippen LogP contribution in [0.4, 0.5) is 0 Å². The van der Waals surface area contributed by atoms with Gasteiger partial charge in [0, 0.05) is 19.5 Å². The first-order chi connectivity index (χ1) is 11.1. The number of rotatable bonds is 4. The standard InChI is InChI=1S/C17H21ClN2O3/c1-2-19-9-12(7-8-16(19)21)17(22)20-10-13(11-20)23-15-6-4-3-5-14(15)18/h3-6,12-13H,2,7-11H2,1H3/t12-/m0/s1. The fraction of sp³-hybridized carbons (Fsp3) is 0.529. The maximum Gasteiger partial charge on any atom is 0.227 e. The van der Waals surface area contributed by atoms with Gasteiger partial charge in [-0.25, -0.2) is 0 Å². The summed E-state index contributed by atoms with van der Waals surface area (Å²) in [4.78, 5) is 27.8. The van der Waals surface area contributed by atoms with Gasteiger partial charge in [0.15, 0.2) is 0 Å². The molecule has 0 aliphatic carbocycles. The Morgan fingerprint density at radius 3 is 2.74 bits per heavy atom. The van der Waals surface area contributed by atoms with Gasteiger partial charge in [0.2, 0.25) is 11.8 Å². The van der Waals surface area contributed by atoms with Crippen molar-refractivity contribution in [1.29, 1.82) is 0 Å². The first kappa shape index (κ1) is 16.1. The van der Waals surface area contributed by atoms with E-state index >= 15 is 0 Å². The van der Waals surface area contributed by atoms with Crippen LogP contribution in [0.1, 0.15) is 19.8 Å². The number of carbonyl (C=O) groups is 2. The van der Waals surface area contributed by atoms with E-state index in [1.54, 1.807) is 11.0 Å². The lowest BCUT2D eigenvalue weighted by Gasteiger charge is -2.42. The molecule has 3 rings (SSSR count). The van der Waals surface area contributed by atoms with Crippen LogP contribution in [0.5, 0.6) is 5.75 Å². The number of para-hydroxylation sites is 1. The lowest BCUT2D eigenvalue weighted by molar-refractivity contribution is -0.149. The summed E-state index contributed by atoms with van der Waals surface area (Å²) in [6, 6.07) is 7.35. The number of hydrogen-bond donors (Lipinski definition) is 0. The van der Waals surface area contributed by atoms with Crippen molar-refractivity contribution in [3.63, 3.8) is 0 Å². The second-order valence-electron chi connectivity index (χ2n) is 6.08. The van der Waals surface area contributed by atoms with Gasteiger partial charge < -0.3 is 14.5 Å². The molecule has 2 heterocycles. The minimum atomic E-state index is -0.0751. The van der Waals surface area contributed by atoms with Crippen LogP contribution in [0.25, 0.3) is 0 Å². The van der Waals surface area contributed by atoms with Crippen molar-refractivity contribution in [1.82, 2.24) is 9.80 Å². The van der Waals surface area contributed by atoms with Crippen molar-refractivity contribution in [3.05, 3.63) is 29.3 Å². The Balaban J connectivity index is 1.50. The van der Waals surface area contributed by atoms with Gasteiger partial charge in [0.25, 0.3) is 0 Å². The van der Waals surface area contributed by atoms with E-state index in [-0.39, 0.29) is 23.8 Å². The van der Waals surface area contributed by atoms with E-state index < -0.39 is 0 Å². The van der Waals surface area contributed by atoms with Crippen LogP contribution in [0.3, 0.4) is 0 Å². The number of halogens is 1. The molecule has 0 unspecified atom stereocenters. The van der Waals surface area contributed by atoms with Gasteiger partial charge >= 0.3 is 0 Å². The van der Waals surface area contributed by atoms with Gasteiger partial charge in [-0.2, -0.15) is 0 Å². The highest BCUT2D eigenvalue weighted by molar-refractivity contribution is 6.32. The van der Waals surface area contributed by atoms with Gasteiger partial charge in [-0.05, 0) is 25.5 Å². The maximum absolute atomic E-state index is 12.5. The van der Waals surface area contributed by atoms with Crippen molar-refractivity contribution < 1.29 is 14.3 Å². The van der Waals surface area contributed by atoms with Crippen LogP contribution in [-0.2, 0) is 9.59 Å². The Morgan fingerprint density at radius 1 is 1.30 bits per heavy atom. The zero-order chi connectivity index (χ0) is 16.4. The Morgan fingerprint density at radius 2 is 2.04 bits per heavy atom. The predicted molar refractivity (Wildman–Crippen MR) is 87.4 cm³/mol. The molecule has 2 aliphatic rings. The van der Waals surface area contributed by atoms with E-state index in [1.165, 1.54) is 0 Å². The molecule has 23 heavy (non-hydrogen) atoms. The Labute approximate surface area is 141 Å². The molecule has 0 spiro atoms. The quantitative estimate of drug-likeness (QED) is 0.847. The smallest absolute Gasteiger partial charge is 0.227 e. The fourth-order valence-electron chi connectivity index (χ4n) is 3.09. The van der Waals surface area contributed by atoms with Crippen LogP contribution in [-0.4, -0.2) is 53.9 Å². The molecule has 1 aromatic rings. The first-order valence-corrected chi connectivity index (χ1v) is 8.44. The van der Waals surface area contributed by atoms with Gasteiger partial charge in [0.05, 0.1) is 24.0 Å². The van der Waals surface area contributed by atoms with E-state index in [0.717, 1.165) is 0 Å². The molecule has 0 bridgehead atoms. The number of benzene rings is 1. The van der Waals surface area contributed by atoms with E-state index in [0.29, 0.717) is 49.8 Å². The lowest BCUT2D eigenvalue weighted by atomic mass is 9.94. The molecule has 0 aromatic heterocycles. The predicted octanol–water partition coefficient (Wildman–Crippen LogP) is 2.19. The summed E-state index contributed by atoms with van der Waals surface area (Å²) in [6.45, 7) is 4.32. The fourth-order valence-corrected chi connectivity index (χ4v) is 3.27. The molecule has 2 saturated heterocycles. The number of carbonyl (C=O) groups excluding carboxylic acids is 2. The summed E-state index contributed by atoms with van der Waals surface area (Å²) in [6.07, 6.45) is 1.12. The number of likely N-dealkylation sites (tertiary alicyclic amines) is 2. The van der Waals surface area contributed by atoms with E-state index in [9.17, 15) is 9.59 Å². The minimum absolute atomic E-state index is 0.00801. The van der Waals surface area contributed by atoms with Gasteiger partial charge in [0.1, 0.15) is 11.9 Å². The normalized spacial score (nSPS) is 22.0. The summed E-state index contributed by atoms with van der Waals surface area (Å²) in [7, 11) is 0. The summed E-state index contributed by atoms with van der Waals surface area (Å²) >= 11 is 6.07. The number of hydrogen-bond acceptors (Lipinski definition) is 3. The molecule has 0 N–H and O–H groups in total. The molecule has 1 aromatic carbocycles. The minimum Gasteiger partial charge on any atom is -0.485 e. The second-order valence-corrected chi connectivity index (χ2v) is 6.49. The largest absolute Gasteiger partial charge is 0.485 e. The topological polar surface area (TPSA) is 49.9 Å². The van der Waals surface area contributed by atoms with Crippen molar-refractivity contribution in [2.75, 3.05) is 26.2 Å². The average molecular weight is 337 g/mol. The molecule has 124 valence electrons. The van der Waals surface area contributed by atoms with Crippen LogP contribution >= 0.6 is 11.6 Å². The SMILES string of the molecule is CCN1C[C@@H](C(=O)N2CC(Oc3ccccc3Cl)C2)CCC1=O. The number of amides is 2. The van der Waals surface area contributed by atoms with E-state index in [4.69, 9.17) is 16.3 Å². The zero-order valence-corrected chi connectivity index (χ0v) is 14.0. The number of ether oxygens (including phenoxy) is 1. The Kier molecular flexibility index (Phi) is 4.76. The van der Waals surface area contributed by atoms with Crippen LogP contribution < -0.4 is 4.74 Å². The number of nitrogens with zero attached hydrogens (tertiary/aromatic N) is 2. The van der Waals surface area contributed by atoms with Crippen molar-refractivity contribution >= 4 is 23.4 Å². The highest BCUT2D eigenvalue weighted by atomic mass is 35.5. The molecular formula is C17H21ClN2O3. The molecule has 2 amide bonds. The van der Waals surface area contributed by atoms with E-state index in [1.807, 2.05) is 30.0 Å². The average Bonchev–Trinajstić information content (AvgIpc) is 2.52. The third-order valence-corrected chi connectivity index (χ3v) is 4.83. The molecular weight excluding hydrogens is 316 g/mol.